The highest BCUT2D eigenvalue weighted by Crippen LogP contribution is 2.26. The van der Waals surface area contributed by atoms with E-state index in [0.717, 1.165) is 4.90 Å². The van der Waals surface area contributed by atoms with Crippen LogP contribution in [0.2, 0.25) is 0 Å². The molecule has 0 radical (unpaired) electrons. The maximum Gasteiger partial charge on any atom is 0.411 e. The number of carboxylic acids is 1. The number of carboxylic acid groups (broad SMARTS) is 1. The number of rotatable bonds is 1. The first-order chi connectivity index (χ1) is 10.7. The minimum atomic E-state index is -1.59. The number of ether oxygens (including phenoxy) is 2. The Kier molecular flexibility index (Phi) is 5.42. The van der Waals surface area contributed by atoms with Crippen molar-refractivity contribution in [3.8, 4) is 0 Å². The zero-order valence-electron chi connectivity index (χ0n) is 15.5. The number of carbonyl (C=O) groups is 3. The van der Waals surface area contributed by atoms with Gasteiger partial charge in [0.15, 0.2) is 5.54 Å². The number of amides is 2. The SMILES string of the molecule is CC(C)(C)OC(=O)N1CCN(C(=O)OC(C)(C)C)[C@@](C)(C(=O)O)C1. The van der Waals surface area contributed by atoms with Crippen molar-refractivity contribution in [3.63, 3.8) is 0 Å². The summed E-state index contributed by atoms with van der Waals surface area (Å²) in [6, 6.07) is 0. The summed E-state index contributed by atoms with van der Waals surface area (Å²) in [5, 5.41) is 9.62. The Morgan fingerprint density at radius 1 is 0.917 bits per heavy atom. The van der Waals surface area contributed by atoms with Crippen molar-refractivity contribution in [1.82, 2.24) is 9.80 Å². The zero-order chi connectivity index (χ0) is 18.9. The topological polar surface area (TPSA) is 96.4 Å². The maximum absolute atomic E-state index is 12.3. The Hall–Kier alpha value is -1.99. The van der Waals surface area contributed by atoms with Gasteiger partial charge >= 0.3 is 18.2 Å². The van der Waals surface area contributed by atoms with Crippen molar-refractivity contribution < 1.29 is 29.0 Å². The molecule has 0 spiro atoms. The quantitative estimate of drug-likeness (QED) is 0.784. The van der Waals surface area contributed by atoms with Gasteiger partial charge in [0.1, 0.15) is 11.2 Å². The molecule has 2 amide bonds. The van der Waals surface area contributed by atoms with Gasteiger partial charge in [-0.15, -0.1) is 0 Å². The average molecular weight is 344 g/mol. The molecule has 1 atom stereocenters. The molecule has 138 valence electrons. The van der Waals surface area contributed by atoms with Crippen LogP contribution in [0.1, 0.15) is 48.5 Å². The summed E-state index contributed by atoms with van der Waals surface area (Å²) in [6.07, 6.45) is -1.31. The van der Waals surface area contributed by atoms with Crippen molar-refractivity contribution in [1.29, 1.82) is 0 Å². The normalized spacial score (nSPS) is 22.1. The van der Waals surface area contributed by atoms with Crippen LogP contribution in [0.25, 0.3) is 0 Å². The largest absolute Gasteiger partial charge is 0.479 e. The summed E-state index contributed by atoms with van der Waals surface area (Å²) in [5.41, 5.74) is -3.00. The number of hydrogen-bond acceptors (Lipinski definition) is 5. The lowest BCUT2D eigenvalue weighted by atomic mass is 9.97. The fraction of sp³-hybridized carbons (Fsp3) is 0.812. The third-order valence-corrected chi connectivity index (χ3v) is 3.41. The van der Waals surface area contributed by atoms with Gasteiger partial charge in [0.25, 0.3) is 0 Å². The van der Waals surface area contributed by atoms with Crippen LogP contribution in [-0.2, 0) is 14.3 Å². The molecule has 0 aromatic carbocycles. The molecule has 0 bridgehead atoms. The number of aliphatic carboxylic acids is 1. The van der Waals surface area contributed by atoms with Crippen LogP contribution < -0.4 is 0 Å². The summed E-state index contributed by atoms with van der Waals surface area (Å²) in [7, 11) is 0. The molecular weight excluding hydrogens is 316 g/mol. The second-order valence-electron chi connectivity index (χ2n) is 8.11. The molecule has 0 aromatic rings. The average Bonchev–Trinajstić information content (AvgIpc) is 2.33. The predicted molar refractivity (Wildman–Crippen MR) is 86.8 cm³/mol. The standard InChI is InChI=1S/C16H28N2O6/c1-14(2,3)23-12(21)17-8-9-18(13(22)24-15(4,5)6)16(7,10-17)11(19)20/h8-10H2,1-7H3,(H,19,20)/t16-/m1/s1. The van der Waals surface area contributed by atoms with E-state index in [4.69, 9.17) is 9.47 Å². The summed E-state index contributed by atoms with van der Waals surface area (Å²) in [6.45, 7) is 11.8. The molecule has 24 heavy (non-hydrogen) atoms. The van der Waals surface area contributed by atoms with Crippen LogP contribution in [0.5, 0.6) is 0 Å². The van der Waals surface area contributed by atoms with Crippen molar-refractivity contribution in [2.24, 2.45) is 0 Å². The zero-order valence-corrected chi connectivity index (χ0v) is 15.5. The van der Waals surface area contributed by atoms with Gasteiger partial charge in [-0.05, 0) is 48.5 Å². The van der Waals surface area contributed by atoms with Crippen LogP contribution in [0.4, 0.5) is 9.59 Å². The molecule has 1 saturated heterocycles. The van der Waals surface area contributed by atoms with E-state index in [0.29, 0.717) is 0 Å². The highest BCUT2D eigenvalue weighted by Gasteiger charge is 2.49. The first-order valence-electron chi connectivity index (χ1n) is 7.88. The Morgan fingerprint density at radius 2 is 1.38 bits per heavy atom. The lowest BCUT2D eigenvalue weighted by molar-refractivity contribution is -0.153. The minimum absolute atomic E-state index is 0.0525. The van der Waals surface area contributed by atoms with Gasteiger partial charge in [0, 0.05) is 13.1 Å². The van der Waals surface area contributed by atoms with Gasteiger partial charge in [-0.1, -0.05) is 0 Å². The molecule has 0 aromatic heterocycles. The highest BCUT2D eigenvalue weighted by molar-refractivity contribution is 5.85. The second-order valence-corrected chi connectivity index (χ2v) is 8.11. The molecule has 1 N–H and O–H groups in total. The highest BCUT2D eigenvalue weighted by atomic mass is 16.6. The van der Waals surface area contributed by atoms with Crippen LogP contribution in [0.3, 0.4) is 0 Å². The molecule has 0 saturated carbocycles. The molecule has 1 aliphatic heterocycles. The van der Waals surface area contributed by atoms with Crippen LogP contribution in [0, 0.1) is 0 Å². The molecule has 1 heterocycles. The van der Waals surface area contributed by atoms with Gasteiger partial charge in [0.05, 0.1) is 6.54 Å². The number of hydrogen-bond donors (Lipinski definition) is 1. The van der Waals surface area contributed by atoms with Crippen LogP contribution in [0.15, 0.2) is 0 Å². The van der Waals surface area contributed by atoms with E-state index in [-0.39, 0.29) is 19.6 Å². The third-order valence-electron chi connectivity index (χ3n) is 3.41. The smallest absolute Gasteiger partial charge is 0.411 e. The number of carbonyl (C=O) groups excluding carboxylic acids is 2. The first-order valence-corrected chi connectivity index (χ1v) is 7.88. The van der Waals surface area contributed by atoms with E-state index in [1.165, 1.54) is 11.8 Å². The van der Waals surface area contributed by atoms with Gasteiger partial charge in [-0.3, -0.25) is 4.90 Å². The van der Waals surface area contributed by atoms with E-state index in [2.05, 4.69) is 0 Å². The molecule has 8 heteroatoms. The summed E-state index contributed by atoms with van der Waals surface area (Å²) < 4.78 is 10.6. The summed E-state index contributed by atoms with van der Waals surface area (Å²) >= 11 is 0. The van der Waals surface area contributed by atoms with E-state index in [9.17, 15) is 19.5 Å². The summed E-state index contributed by atoms with van der Waals surface area (Å²) in [4.78, 5) is 38.8. The Bertz CT molecular complexity index is 520. The fourth-order valence-electron chi connectivity index (χ4n) is 2.28. The van der Waals surface area contributed by atoms with Crippen molar-refractivity contribution in [3.05, 3.63) is 0 Å². The van der Waals surface area contributed by atoms with Crippen molar-refractivity contribution in [2.75, 3.05) is 19.6 Å². The maximum atomic E-state index is 12.3. The molecule has 8 nitrogen and oxygen atoms in total. The predicted octanol–water partition coefficient (Wildman–Crippen LogP) is 2.32. The third kappa shape index (κ3) is 5.01. The second kappa shape index (κ2) is 6.49. The minimum Gasteiger partial charge on any atom is -0.479 e. The lowest BCUT2D eigenvalue weighted by Crippen LogP contribution is -2.67. The number of nitrogens with zero attached hydrogens (tertiary/aromatic N) is 2. The van der Waals surface area contributed by atoms with E-state index < -0.39 is 34.9 Å². The van der Waals surface area contributed by atoms with E-state index in [1.807, 2.05) is 0 Å². The Labute approximate surface area is 142 Å². The first kappa shape index (κ1) is 20.1. The van der Waals surface area contributed by atoms with Gasteiger partial charge < -0.3 is 19.5 Å². The van der Waals surface area contributed by atoms with E-state index in [1.54, 1.807) is 41.5 Å². The fourth-order valence-corrected chi connectivity index (χ4v) is 2.28. The summed E-state index contributed by atoms with van der Waals surface area (Å²) in [5.74, 6) is -1.21. The van der Waals surface area contributed by atoms with Gasteiger partial charge in [0.2, 0.25) is 0 Å². The molecule has 1 aliphatic rings. The van der Waals surface area contributed by atoms with Crippen molar-refractivity contribution >= 4 is 18.2 Å². The van der Waals surface area contributed by atoms with Crippen molar-refractivity contribution in [2.45, 2.75) is 65.2 Å². The van der Waals surface area contributed by atoms with Crippen LogP contribution in [-0.4, -0.2) is 69.4 Å². The molecule has 1 fully saturated rings. The Morgan fingerprint density at radius 3 is 1.79 bits per heavy atom. The lowest BCUT2D eigenvalue weighted by Gasteiger charge is -2.45. The Balaban J connectivity index is 2.96. The van der Waals surface area contributed by atoms with Gasteiger partial charge in [-0.2, -0.15) is 0 Å². The molecular formula is C16H28N2O6. The van der Waals surface area contributed by atoms with E-state index >= 15 is 0 Å². The molecule has 0 unspecified atom stereocenters. The molecule has 1 rings (SSSR count). The van der Waals surface area contributed by atoms with Crippen LogP contribution >= 0.6 is 0 Å². The van der Waals surface area contributed by atoms with Gasteiger partial charge in [-0.25, -0.2) is 14.4 Å². The molecule has 0 aliphatic carbocycles. The number of piperazine rings is 1. The monoisotopic (exact) mass is 344 g/mol.